The van der Waals surface area contributed by atoms with Crippen LogP contribution in [0.3, 0.4) is 0 Å². The van der Waals surface area contributed by atoms with Gasteiger partial charge in [-0.2, -0.15) is 0 Å². The molecule has 1 aromatic rings. The molecule has 0 radical (unpaired) electrons. The highest BCUT2D eigenvalue weighted by Gasteiger charge is 2.08. The van der Waals surface area contributed by atoms with Crippen LogP contribution in [0.1, 0.15) is 44.2 Å². The van der Waals surface area contributed by atoms with Crippen molar-refractivity contribution in [3.8, 4) is 0 Å². The molecule has 1 nitrogen and oxygen atoms in total. The van der Waals surface area contributed by atoms with Gasteiger partial charge in [-0.05, 0) is 44.7 Å². The minimum absolute atomic E-state index is 0.0577. The molecule has 0 spiro atoms. The summed E-state index contributed by atoms with van der Waals surface area (Å²) in [7, 11) is 0. The van der Waals surface area contributed by atoms with Crippen molar-refractivity contribution in [1.82, 2.24) is 0 Å². The second kappa shape index (κ2) is 7.64. The number of ketones is 1. The molecule has 106 valence electrons. The number of hydrogen-bond donors (Lipinski definition) is 0. The number of aryl methyl sites for hydroxylation is 1. The minimum atomic E-state index is 0.0577. The van der Waals surface area contributed by atoms with E-state index in [1.54, 1.807) is 13.0 Å². The Hall–Kier alpha value is -1.89. The Labute approximate surface area is 122 Å². The van der Waals surface area contributed by atoms with Gasteiger partial charge in [0, 0.05) is 5.57 Å². The predicted molar refractivity (Wildman–Crippen MR) is 86.9 cm³/mol. The van der Waals surface area contributed by atoms with Crippen molar-refractivity contribution >= 4 is 5.78 Å². The van der Waals surface area contributed by atoms with E-state index in [0.29, 0.717) is 11.5 Å². The van der Waals surface area contributed by atoms with Gasteiger partial charge in [-0.1, -0.05) is 61.1 Å². The van der Waals surface area contributed by atoms with Gasteiger partial charge in [0.2, 0.25) is 0 Å². The van der Waals surface area contributed by atoms with Gasteiger partial charge in [0.05, 0.1) is 0 Å². The Kier molecular flexibility index (Phi) is 6.17. The van der Waals surface area contributed by atoms with E-state index in [1.165, 1.54) is 16.7 Å². The van der Waals surface area contributed by atoms with Crippen molar-refractivity contribution in [2.24, 2.45) is 0 Å². The lowest BCUT2D eigenvalue weighted by atomic mass is 9.92. The van der Waals surface area contributed by atoms with Crippen LogP contribution in [0, 0.1) is 6.92 Å². The molecule has 0 saturated heterocycles. The second-order valence-corrected chi connectivity index (χ2v) is 5.24. The van der Waals surface area contributed by atoms with Gasteiger partial charge >= 0.3 is 0 Å². The molecule has 20 heavy (non-hydrogen) atoms. The van der Waals surface area contributed by atoms with Gasteiger partial charge in [0.1, 0.15) is 0 Å². The van der Waals surface area contributed by atoms with Crippen molar-refractivity contribution in [2.45, 2.75) is 40.0 Å². The Bertz CT molecular complexity index is 529. The summed E-state index contributed by atoms with van der Waals surface area (Å²) in [5, 5.41) is 0. The number of allylic oxidation sites excluding steroid dienone is 5. The normalized spacial score (nSPS) is 14.0. The molecule has 0 heterocycles. The zero-order chi connectivity index (χ0) is 15.1. The predicted octanol–water partition coefficient (Wildman–Crippen LogP) is 5.14. The summed E-state index contributed by atoms with van der Waals surface area (Å²) in [6.07, 6.45) is 6.56. The third-order valence-corrected chi connectivity index (χ3v) is 3.53. The smallest absolute Gasteiger partial charge is 0.159 e. The van der Waals surface area contributed by atoms with E-state index in [9.17, 15) is 4.79 Å². The molecule has 1 rings (SSSR count). The highest BCUT2D eigenvalue weighted by Crippen LogP contribution is 2.24. The Morgan fingerprint density at radius 3 is 2.35 bits per heavy atom. The fourth-order valence-corrected chi connectivity index (χ4v) is 2.13. The molecule has 0 saturated carbocycles. The number of hydrogen-bond acceptors (Lipinski definition) is 1. The SMILES string of the molecule is C=C/C(=C\C(=CC)CC(C)c1ccc(C)cc1)C(C)=O. The van der Waals surface area contributed by atoms with Crippen molar-refractivity contribution in [3.63, 3.8) is 0 Å². The van der Waals surface area contributed by atoms with E-state index >= 15 is 0 Å². The molecule has 1 heteroatoms. The maximum Gasteiger partial charge on any atom is 0.159 e. The van der Waals surface area contributed by atoms with Gasteiger partial charge in [0.15, 0.2) is 5.78 Å². The first kappa shape index (κ1) is 16.2. The number of benzene rings is 1. The third kappa shape index (κ3) is 4.65. The fourth-order valence-electron chi connectivity index (χ4n) is 2.13. The summed E-state index contributed by atoms with van der Waals surface area (Å²) in [6, 6.07) is 8.64. The fraction of sp³-hybridized carbons (Fsp3) is 0.316. The zero-order valence-electron chi connectivity index (χ0n) is 12.9. The number of rotatable bonds is 6. The van der Waals surface area contributed by atoms with E-state index in [4.69, 9.17) is 0 Å². The lowest BCUT2D eigenvalue weighted by molar-refractivity contribution is -0.113. The molecule has 0 aliphatic heterocycles. The number of carbonyl (C=O) groups is 1. The molecule has 0 N–H and O–H groups in total. The molecule has 0 aliphatic rings. The molecule has 1 unspecified atom stereocenters. The molecule has 1 atom stereocenters. The van der Waals surface area contributed by atoms with Crippen LogP contribution in [0.25, 0.3) is 0 Å². The lowest BCUT2D eigenvalue weighted by Crippen LogP contribution is -1.98. The summed E-state index contributed by atoms with van der Waals surface area (Å²) in [6.45, 7) is 11.6. The standard InChI is InChI=1S/C19H24O/c1-6-17(13-18(7-2)16(5)20)12-15(4)19-10-8-14(3)9-11-19/h6-11,13,15H,2,12H2,1,3-5H3/b17-6?,18-13+. The highest BCUT2D eigenvalue weighted by atomic mass is 16.1. The van der Waals surface area contributed by atoms with Crippen LogP contribution in [0.4, 0.5) is 0 Å². The van der Waals surface area contributed by atoms with Crippen LogP contribution in [0.2, 0.25) is 0 Å². The van der Waals surface area contributed by atoms with E-state index in [1.807, 2.05) is 13.0 Å². The van der Waals surface area contributed by atoms with E-state index in [0.717, 1.165) is 6.42 Å². The summed E-state index contributed by atoms with van der Waals surface area (Å²) in [5.74, 6) is 0.485. The molecule has 0 fully saturated rings. The lowest BCUT2D eigenvalue weighted by Gasteiger charge is -2.13. The summed E-state index contributed by atoms with van der Waals surface area (Å²) < 4.78 is 0. The average molecular weight is 268 g/mol. The quantitative estimate of drug-likeness (QED) is 0.516. The van der Waals surface area contributed by atoms with Crippen LogP contribution in [0.5, 0.6) is 0 Å². The maximum absolute atomic E-state index is 11.5. The Morgan fingerprint density at radius 1 is 1.30 bits per heavy atom. The average Bonchev–Trinajstić information content (AvgIpc) is 2.43. The van der Waals surface area contributed by atoms with Crippen LogP contribution >= 0.6 is 0 Å². The van der Waals surface area contributed by atoms with Gasteiger partial charge in [-0.15, -0.1) is 0 Å². The van der Waals surface area contributed by atoms with Gasteiger partial charge in [-0.25, -0.2) is 0 Å². The maximum atomic E-state index is 11.5. The number of carbonyl (C=O) groups excluding carboxylic acids is 1. The minimum Gasteiger partial charge on any atom is -0.295 e. The van der Waals surface area contributed by atoms with Gasteiger partial charge < -0.3 is 0 Å². The molecule has 0 aromatic heterocycles. The largest absolute Gasteiger partial charge is 0.295 e. The Balaban J connectivity index is 2.86. The van der Waals surface area contributed by atoms with Crippen molar-refractivity contribution in [3.05, 3.63) is 71.3 Å². The third-order valence-electron chi connectivity index (χ3n) is 3.53. The molecule has 1 aromatic carbocycles. The molecular weight excluding hydrogens is 244 g/mol. The van der Waals surface area contributed by atoms with Crippen molar-refractivity contribution < 1.29 is 4.79 Å². The molecule has 0 bridgehead atoms. The van der Waals surface area contributed by atoms with E-state index < -0.39 is 0 Å². The second-order valence-electron chi connectivity index (χ2n) is 5.24. The van der Waals surface area contributed by atoms with Crippen molar-refractivity contribution in [2.75, 3.05) is 0 Å². The van der Waals surface area contributed by atoms with Gasteiger partial charge in [-0.3, -0.25) is 4.79 Å². The van der Waals surface area contributed by atoms with E-state index in [-0.39, 0.29) is 5.78 Å². The molecule has 0 amide bonds. The van der Waals surface area contributed by atoms with Crippen molar-refractivity contribution in [1.29, 1.82) is 0 Å². The number of Topliss-reactive ketones (excluding diaryl/α,β-unsaturated/α-hetero) is 1. The van der Waals surface area contributed by atoms with E-state index in [2.05, 4.69) is 50.8 Å². The monoisotopic (exact) mass is 268 g/mol. The molecule has 0 aliphatic carbocycles. The topological polar surface area (TPSA) is 17.1 Å². The summed E-state index contributed by atoms with van der Waals surface area (Å²) in [5.41, 5.74) is 4.45. The first-order valence-corrected chi connectivity index (χ1v) is 7.04. The van der Waals surface area contributed by atoms with Crippen LogP contribution in [0.15, 0.2) is 60.2 Å². The highest BCUT2D eigenvalue weighted by molar-refractivity contribution is 5.96. The van der Waals surface area contributed by atoms with Crippen LogP contribution < -0.4 is 0 Å². The Morgan fingerprint density at radius 2 is 1.90 bits per heavy atom. The first-order valence-electron chi connectivity index (χ1n) is 7.04. The molecular formula is C19H24O. The van der Waals surface area contributed by atoms with Gasteiger partial charge in [0.25, 0.3) is 0 Å². The van der Waals surface area contributed by atoms with Crippen LogP contribution in [-0.4, -0.2) is 5.78 Å². The zero-order valence-corrected chi connectivity index (χ0v) is 12.9. The summed E-state index contributed by atoms with van der Waals surface area (Å²) in [4.78, 5) is 11.5. The summed E-state index contributed by atoms with van der Waals surface area (Å²) >= 11 is 0. The first-order chi connectivity index (χ1) is 9.47. The van der Waals surface area contributed by atoms with Crippen LogP contribution in [-0.2, 0) is 4.79 Å².